The van der Waals surface area contributed by atoms with Gasteiger partial charge in [-0.15, -0.1) is 12.4 Å². The second kappa shape index (κ2) is 9.83. The van der Waals surface area contributed by atoms with Gasteiger partial charge in [0.25, 0.3) is 0 Å². The molecule has 0 unspecified atom stereocenters. The van der Waals surface area contributed by atoms with E-state index >= 15 is 0 Å². The van der Waals surface area contributed by atoms with Crippen LogP contribution in [0, 0.1) is 0 Å². The van der Waals surface area contributed by atoms with Crippen LogP contribution in [0.1, 0.15) is 27.7 Å². The molecule has 0 saturated carbocycles. The van der Waals surface area contributed by atoms with Gasteiger partial charge in [0.05, 0.1) is 22.3 Å². The molecule has 1 amide bonds. The van der Waals surface area contributed by atoms with E-state index in [-0.39, 0.29) is 23.2 Å². The number of nitrogens with zero attached hydrogens (tertiary/aromatic N) is 1. The Hall–Kier alpha value is -1.35. The number of halogens is 1. The predicted octanol–water partition coefficient (Wildman–Crippen LogP) is 1.86. The van der Waals surface area contributed by atoms with Crippen molar-refractivity contribution in [2.24, 2.45) is 5.73 Å². The van der Waals surface area contributed by atoms with Crippen LogP contribution in [0.2, 0.25) is 0 Å². The number of sulfonamides is 1. The number of rotatable bonds is 8. The molecular weight excluding hydrogens is 352 g/mol. The molecule has 138 valence electrons. The Morgan fingerprint density at radius 3 is 2.25 bits per heavy atom. The average Bonchev–Trinajstić information content (AvgIpc) is 2.49. The molecule has 0 spiro atoms. The van der Waals surface area contributed by atoms with Crippen molar-refractivity contribution in [3.05, 3.63) is 18.2 Å². The van der Waals surface area contributed by atoms with E-state index in [0.29, 0.717) is 31.0 Å². The van der Waals surface area contributed by atoms with Crippen LogP contribution in [0.5, 0.6) is 0 Å². The number of carbonyl (C=O) groups is 1. The Labute approximate surface area is 150 Å². The third-order valence-corrected chi connectivity index (χ3v) is 5.42. The summed E-state index contributed by atoms with van der Waals surface area (Å²) >= 11 is 0. The van der Waals surface area contributed by atoms with Crippen LogP contribution in [0.3, 0.4) is 0 Å². The normalized spacial score (nSPS) is 12.4. The fourth-order valence-electron chi connectivity index (χ4n) is 2.09. The highest BCUT2D eigenvalue weighted by atomic mass is 35.5. The maximum absolute atomic E-state index is 12.6. The van der Waals surface area contributed by atoms with E-state index in [1.54, 1.807) is 26.8 Å². The molecule has 1 rings (SSSR count). The molecular formula is C15H27ClN4O3S. The zero-order chi connectivity index (χ0) is 17.6. The summed E-state index contributed by atoms with van der Waals surface area (Å²) in [4.78, 5) is 12.0. The van der Waals surface area contributed by atoms with Crippen LogP contribution in [-0.4, -0.2) is 44.3 Å². The standard InChI is InChI=1S/C15H26N4O3S.ClH/c1-5-17-13-9-8-12(23(21,22)19(6-2)7-3)10-14(13)18-15(20)11(4)16;/h8-11,17H,5-7,16H2,1-4H3,(H,18,20);1H/t11-;/m0./s1. The first kappa shape index (κ1) is 22.6. The molecule has 0 heterocycles. The summed E-state index contributed by atoms with van der Waals surface area (Å²) in [6.45, 7) is 8.46. The quantitative estimate of drug-likeness (QED) is 0.640. The van der Waals surface area contributed by atoms with Crippen molar-refractivity contribution >= 4 is 39.7 Å². The van der Waals surface area contributed by atoms with Gasteiger partial charge < -0.3 is 16.4 Å². The molecule has 1 aromatic carbocycles. The summed E-state index contributed by atoms with van der Waals surface area (Å²) in [7, 11) is -3.59. The molecule has 0 saturated heterocycles. The molecule has 0 aliphatic rings. The maximum atomic E-state index is 12.6. The number of hydrogen-bond acceptors (Lipinski definition) is 5. The summed E-state index contributed by atoms with van der Waals surface area (Å²) in [5, 5.41) is 5.77. The predicted molar refractivity (Wildman–Crippen MR) is 100 cm³/mol. The van der Waals surface area contributed by atoms with Crippen molar-refractivity contribution in [2.75, 3.05) is 30.3 Å². The Morgan fingerprint density at radius 1 is 1.21 bits per heavy atom. The lowest BCUT2D eigenvalue weighted by Crippen LogP contribution is -2.33. The van der Waals surface area contributed by atoms with Gasteiger partial charge in [0, 0.05) is 19.6 Å². The number of anilines is 2. The van der Waals surface area contributed by atoms with Gasteiger partial charge in [-0.05, 0) is 32.0 Å². The van der Waals surface area contributed by atoms with E-state index in [2.05, 4.69) is 10.6 Å². The van der Waals surface area contributed by atoms with Gasteiger partial charge in [0.1, 0.15) is 0 Å². The Morgan fingerprint density at radius 2 is 1.79 bits per heavy atom. The second-order valence-corrected chi connectivity index (χ2v) is 7.04. The number of amides is 1. The number of nitrogens with one attached hydrogen (secondary N) is 2. The molecule has 7 nitrogen and oxygen atoms in total. The minimum atomic E-state index is -3.59. The molecule has 0 aliphatic carbocycles. The van der Waals surface area contributed by atoms with Gasteiger partial charge in [-0.3, -0.25) is 4.79 Å². The summed E-state index contributed by atoms with van der Waals surface area (Å²) in [5.74, 6) is -0.374. The number of hydrogen-bond donors (Lipinski definition) is 3. The zero-order valence-electron chi connectivity index (χ0n) is 14.5. The lowest BCUT2D eigenvalue weighted by Gasteiger charge is -2.20. The lowest BCUT2D eigenvalue weighted by atomic mass is 10.2. The number of carbonyl (C=O) groups excluding carboxylic acids is 1. The first-order chi connectivity index (χ1) is 10.8. The van der Waals surface area contributed by atoms with Crippen molar-refractivity contribution in [3.8, 4) is 0 Å². The fourth-order valence-corrected chi connectivity index (χ4v) is 3.58. The largest absolute Gasteiger partial charge is 0.384 e. The molecule has 9 heteroatoms. The van der Waals surface area contributed by atoms with E-state index < -0.39 is 16.1 Å². The van der Waals surface area contributed by atoms with E-state index in [0.717, 1.165) is 0 Å². The van der Waals surface area contributed by atoms with Crippen LogP contribution in [0.4, 0.5) is 11.4 Å². The smallest absolute Gasteiger partial charge is 0.243 e. The zero-order valence-corrected chi connectivity index (χ0v) is 16.1. The van der Waals surface area contributed by atoms with E-state index in [4.69, 9.17) is 5.73 Å². The first-order valence-corrected chi connectivity index (χ1v) is 9.16. The Kier molecular flexibility index (Phi) is 9.27. The third-order valence-electron chi connectivity index (χ3n) is 3.37. The molecule has 1 aromatic rings. The van der Waals surface area contributed by atoms with E-state index in [1.807, 2.05) is 6.92 Å². The van der Waals surface area contributed by atoms with Gasteiger partial charge in [-0.25, -0.2) is 8.42 Å². The molecule has 4 N–H and O–H groups in total. The van der Waals surface area contributed by atoms with Gasteiger partial charge in [0.15, 0.2) is 0 Å². The molecule has 1 atom stereocenters. The van der Waals surface area contributed by atoms with Crippen molar-refractivity contribution in [1.82, 2.24) is 4.31 Å². The van der Waals surface area contributed by atoms with Crippen molar-refractivity contribution in [2.45, 2.75) is 38.6 Å². The highest BCUT2D eigenvalue weighted by Crippen LogP contribution is 2.27. The van der Waals surface area contributed by atoms with E-state index in [1.165, 1.54) is 16.4 Å². The number of benzene rings is 1. The third kappa shape index (κ3) is 5.34. The number of nitrogens with two attached hydrogens (primary N) is 1. The average molecular weight is 379 g/mol. The minimum Gasteiger partial charge on any atom is -0.384 e. The van der Waals surface area contributed by atoms with Gasteiger partial charge in [0.2, 0.25) is 15.9 Å². The fraction of sp³-hybridized carbons (Fsp3) is 0.533. The first-order valence-electron chi connectivity index (χ1n) is 7.72. The monoisotopic (exact) mass is 378 g/mol. The van der Waals surface area contributed by atoms with Crippen LogP contribution in [0.25, 0.3) is 0 Å². The molecule has 0 aromatic heterocycles. The summed E-state index contributed by atoms with van der Waals surface area (Å²) in [6, 6.07) is 3.96. The molecule has 24 heavy (non-hydrogen) atoms. The molecule has 0 bridgehead atoms. The van der Waals surface area contributed by atoms with Gasteiger partial charge in [-0.1, -0.05) is 13.8 Å². The van der Waals surface area contributed by atoms with Crippen molar-refractivity contribution < 1.29 is 13.2 Å². The maximum Gasteiger partial charge on any atom is 0.243 e. The second-order valence-electron chi connectivity index (χ2n) is 5.10. The van der Waals surface area contributed by atoms with Crippen molar-refractivity contribution in [3.63, 3.8) is 0 Å². The Bertz CT molecular complexity index is 646. The van der Waals surface area contributed by atoms with Crippen LogP contribution in [-0.2, 0) is 14.8 Å². The van der Waals surface area contributed by atoms with Crippen LogP contribution < -0.4 is 16.4 Å². The SMILES string of the molecule is CCNc1ccc(S(=O)(=O)N(CC)CC)cc1NC(=O)[C@H](C)N.Cl. The van der Waals surface area contributed by atoms with E-state index in [9.17, 15) is 13.2 Å². The lowest BCUT2D eigenvalue weighted by molar-refractivity contribution is -0.117. The molecule has 0 aliphatic heterocycles. The highest BCUT2D eigenvalue weighted by molar-refractivity contribution is 7.89. The summed E-state index contributed by atoms with van der Waals surface area (Å²) in [5.41, 5.74) is 6.62. The van der Waals surface area contributed by atoms with Gasteiger partial charge >= 0.3 is 0 Å². The Balaban J connectivity index is 0.00000529. The minimum absolute atomic E-state index is 0. The van der Waals surface area contributed by atoms with Gasteiger partial charge in [-0.2, -0.15) is 4.31 Å². The summed E-state index contributed by atoms with van der Waals surface area (Å²) < 4.78 is 26.6. The molecule has 0 fully saturated rings. The molecule has 0 radical (unpaired) electrons. The van der Waals surface area contributed by atoms with Crippen LogP contribution in [0.15, 0.2) is 23.1 Å². The topological polar surface area (TPSA) is 105 Å². The highest BCUT2D eigenvalue weighted by Gasteiger charge is 2.23. The summed E-state index contributed by atoms with van der Waals surface area (Å²) in [6.07, 6.45) is 0. The van der Waals surface area contributed by atoms with Crippen LogP contribution >= 0.6 is 12.4 Å². The van der Waals surface area contributed by atoms with Crippen molar-refractivity contribution in [1.29, 1.82) is 0 Å².